The highest BCUT2D eigenvalue weighted by Crippen LogP contribution is 2.48. The quantitative estimate of drug-likeness (QED) is 0.536. The van der Waals surface area contributed by atoms with Crippen molar-refractivity contribution in [3.63, 3.8) is 0 Å². The van der Waals surface area contributed by atoms with Gasteiger partial charge in [0.1, 0.15) is 5.60 Å². The molecule has 1 fully saturated rings. The maximum Gasteiger partial charge on any atom is 0.293 e. The van der Waals surface area contributed by atoms with Crippen LogP contribution in [-0.2, 0) is 9.53 Å². The summed E-state index contributed by atoms with van der Waals surface area (Å²) >= 11 is 0. The van der Waals surface area contributed by atoms with Gasteiger partial charge in [-0.15, -0.1) is 0 Å². The highest BCUT2D eigenvalue weighted by molar-refractivity contribution is 5.39. The van der Waals surface area contributed by atoms with Gasteiger partial charge in [0, 0.05) is 0 Å². The lowest BCUT2D eigenvalue weighted by Gasteiger charge is -2.09. The minimum absolute atomic E-state index is 0.0677. The smallest absolute Gasteiger partial charge is 0.293 e. The first-order valence-corrected chi connectivity index (χ1v) is 3.36. The summed E-state index contributed by atoms with van der Waals surface area (Å²) in [6.07, 6.45) is 2.00. The van der Waals surface area contributed by atoms with Crippen LogP contribution in [-0.4, -0.2) is 12.1 Å². The van der Waals surface area contributed by atoms with Gasteiger partial charge in [-0.3, -0.25) is 4.79 Å². The molecule has 2 atom stereocenters. The fraction of sp³-hybridized carbons (Fsp3) is 0.857. The summed E-state index contributed by atoms with van der Waals surface area (Å²) in [7, 11) is 0. The number of rotatable bonds is 3. The first-order chi connectivity index (χ1) is 4.25. The highest BCUT2D eigenvalue weighted by Gasteiger charge is 2.52. The molecule has 1 rings (SSSR count). The highest BCUT2D eigenvalue weighted by atomic mass is 16.5. The van der Waals surface area contributed by atoms with E-state index in [1.54, 1.807) is 0 Å². The average molecular weight is 128 g/mol. The third-order valence-electron chi connectivity index (χ3n) is 2.27. The molecule has 1 saturated carbocycles. The lowest BCUT2D eigenvalue weighted by atomic mass is 10.2. The Morgan fingerprint density at radius 1 is 1.89 bits per heavy atom. The standard InChI is InChI=1S/C7H12O2/c1-3-7(9-5-8)4-6(7)2/h5-6H,3-4H2,1-2H3. The molecule has 0 spiro atoms. The molecule has 0 aromatic heterocycles. The van der Waals surface area contributed by atoms with Crippen molar-refractivity contribution in [2.75, 3.05) is 0 Å². The summed E-state index contributed by atoms with van der Waals surface area (Å²) in [5, 5.41) is 0. The van der Waals surface area contributed by atoms with Crippen LogP contribution in [0.15, 0.2) is 0 Å². The fourth-order valence-electron chi connectivity index (χ4n) is 1.30. The van der Waals surface area contributed by atoms with Gasteiger partial charge < -0.3 is 4.74 Å². The first-order valence-electron chi connectivity index (χ1n) is 3.36. The summed E-state index contributed by atoms with van der Waals surface area (Å²) in [6, 6.07) is 0. The van der Waals surface area contributed by atoms with E-state index >= 15 is 0 Å². The molecular weight excluding hydrogens is 116 g/mol. The topological polar surface area (TPSA) is 26.3 Å². The number of hydrogen-bond donors (Lipinski definition) is 0. The maximum absolute atomic E-state index is 9.94. The summed E-state index contributed by atoms with van der Waals surface area (Å²) in [6.45, 7) is 4.72. The lowest BCUT2D eigenvalue weighted by molar-refractivity contribution is -0.136. The Labute approximate surface area is 55.2 Å². The summed E-state index contributed by atoms with van der Waals surface area (Å²) in [4.78, 5) is 9.94. The van der Waals surface area contributed by atoms with Crippen molar-refractivity contribution >= 4 is 6.47 Å². The van der Waals surface area contributed by atoms with Gasteiger partial charge in [0.2, 0.25) is 0 Å². The predicted molar refractivity (Wildman–Crippen MR) is 34.0 cm³/mol. The molecule has 0 heterocycles. The van der Waals surface area contributed by atoms with E-state index in [1.807, 2.05) is 6.92 Å². The second-order valence-electron chi connectivity index (χ2n) is 2.74. The molecule has 9 heavy (non-hydrogen) atoms. The van der Waals surface area contributed by atoms with Crippen LogP contribution >= 0.6 is 0 Å². The van der Waals surface area contributed by atoms with Gasteiger partial charge >= 0.3 is 0 Å². The van der Waals surface area contributed by atoms with Crippen molar-refractivity contribution in [2.45, 2.75) is 32.3 Å². The van der Waals surface area contributed by atoms with Gasteiger partial charge in [0.15, 0.2) is 0 Å². The van der Waals surface area contributed by atoms with Gasteiger partial charge in [0.05, 0.1) is 0 Å². The molecule has 52 valence electrons. The number of carbonyl (C=O) groups excluding carboxylic acids is 1. The monoisotopic (exact) mass is 128 g/mol. The molecular formula is C7H12O2. The van der Waals surface area contributed by atoms with Crippen LogP contribution < -0.4 is 0 Å². The van der Waals surface area contributed by atoms with E-state index in [1.165, 1.54) is 0 Å². The predicted octanol–water partition coefficient (Wildman–Crippen LogP) is 1.35. The second-order valence-corrected chi connectivity index (χ2v) is 2.74. The Morgan fingerprint density at radius 2 is 2.44 bits per heavy atom. The molecule has 1 aliphatic carbocycles. The van der Waals surface area contributed by atoms with Crippen molar-refractivity contribution in [1.29, 1.82) is 0 Å². The lowest BCUT2D eigenvalue weighted by Crippen LogP contribution is -2.13. The Bertz CT molecular complexity index is 118. The van der Waals surface area contributed by atoms with E-state index in [2.05, 4.69) is 6.92 Å². The van der Waals surface area contributed by atoms with Crippen molar-refractivity contribution < 1.29 is 9.53 Å². The number of ether oxygens (including phenoxy) is 1. The third kappa shape index (κ3) is 0.934. The minimum Gasteiger partial charge on any atom is -0.461 e. The Hall–Kier alpha value is -0.530. The molecule has 0 saturated heterocycles. The second kappa shape index (κ2) is 2.01. The summed E-state index contributed by atoms with van der Waals surface area (Å²) < 4.78 is 4.92. The molecule has 0 aromatic rings. The van der Waals surface area contributed by atoms with Crippen LogP contribution in [0, 0.1) is 5.92 Å². The SMILES string of the molecule is CCC1(OC=O)CC1C. The largest absolute Gasteiger partial charge is 0.461 e. The van der Waals surface area contributed by atoms with Crippen LogP contribution in [0.4, 0.5) is 0 Å². The zero-order valence-corrected chi connectivity index (χ0v) is 5.89. The van der Waals surface area contributed by atoms with Crippen LogP contribution in [0.2, 0.25) is 0 Å². The Morgan fingerprint density at radius 3 is 2.56 bits per heavy atom. The van der Waals surface area contributed by atoms with Crippen LogP contribution in [0.5, 0.6) is 0 Å². The van der Waals surface area contributed by atoms with Gasteiger partial charge in [0.25, 0.3) is 6.47 Å². The van der Waals surface area contributed by atoms with Gasteiger partial charge in [-0.25, -0.2) is 0 Å². The fourth-order valence-corrected chi connectivity index (χ4v) is 1.30. The molecule has 0 aliphatic heterocycles. The normalized spacial score (nSPS) is 40.0. The van der Waals surface area contributed by atoms with E-state index in [9.17, 15) is 4.79 Å². The van der Waals surface area contributed by atoms with Crippen molar-refractivity contribution in [3.05, 3.63) is 0 Å². The van der Waals surface area contributed by atoms with Crippen LogP contribution in [0.25, 0.3) is 0 Å². The number of carbonyl (C=O) groups is 1. The van der Waals surface area contributed by atoms with Gasteiger partial charge in [-0.05, 0) is 18.8 Å². The number of hydrogen-bond acceptors (Lipinski definition) is 2. The van der Waals surface area contributed by atoms with E-state index < -0.39 is 0 Å². The third-order valence-corrected chi connectivity index (χ3v) is 2.27. The summed E-state index contributed by atoms with van der Waals surface area (Å²) in [5.74, 6) is 0.577. The molecule has 2 unspecified atom stereocenters. The van der Waals surface area contributed by atoms with Crippen LogP contribution in [0.3, 0.4) is 0 Å². The molecule has 1 aliphatic rings. The maximum atomic E-state index is 9.94. The van der Waals surface area contributed by atoms with E-state index in [-0.39, 0.29) is 5.60 Å². The zero-order valence-electron chi connectivity index (χ0n) is 5.89. The van der Waals surface area contributed by atoms with E-state index in [0.717, 1.165) is 12.8 Å². The molecule has 0 bridgehead atoms. The Kier molecular flexibility index (Phi) is 1.47. The van der Waals surface area contributed by atoms with Crippen LogP contribution in [0.1, 0.15) is 26.7 Å². The van der Waals surface area contributed by atoms with E-state index in [0.29, 0.717) is 12.4 Å². The van der Waals surface area contributed by atoms with Gasteiger partial charge in [-0.1, -0.05) is 13.8 Å². The zero-order chi connectivity index (χ0) is 6.91. The molecule has 0 radical (unpaired) electrons. The average Bonchev–Trinajstić information content (AvgIpc) is 2.45. The summed E-state index contributed by atoms with van der Waals surface area (Å²) in [5.41, 5.74) is -0.0677. The van der Waals surface area contributed by atoms with Crippen molar-refractivity contribution in [3.8, 4) is 0 Å². The van der Waals surface area contributed by atoms with Gasteiger partial charge in [-0.2, -0.15) is 0 Å². The molecule has 0 N–H and O–H groups in total. The van der Waals surface area contributed by atoms with Crippen molar-refractivity contribution in [2.24, 2.45) is 5.92 Å². The molecule has 0 aromatic carbocycles. The first kappa shape index (κ1) is 6.59. The van der Waals surface area contributed by atoms with E-state index in [4.69, 9.17) is 4.74 Å². The minimum atomic E-state index is -0.0677. The Balaban J connectivity index is 2.41. The molecule has 2 nitrogen and oxygen atoms in total. The van der Waals surface area contributed by atoms with Crippen molar-refractivity contribution in [1.82, 2.24) is 0 Å². The molecule has 0 amide bonds. The molecule has 2 heteroatoms.